The Bertz CT molecular complexity index is 973. The minimum absolute atomic E-state index is 0.0487. The van der Waals surface area contributed by atoms with Gasteiger partial charge in [0, 0.05) is 15.6 Å². The summed E-state index contributed by atoms with van der Waals surface area (Å²) < 4.78 is 0.775. The van der Waals surface area contributed by atoms with Crippen molar-refractivity contribution in [2.24, 2.45) is 0 Å². The molecule has 4 nitrogen and oxygen atoms in total. The molecular formula is C18H11BrN2O2. The molecule has 3 aromatic rings. The molecule has 23 heavy (non-hydrogen) atoms. The number of hydrogen-bond acceptors (Lipinski definition) is 3. The molecule has 0 aliphatic heterocycles. The van der Waals surface area contributed by atoms with E-state index in [9.17, 15) is 15.2 Å². The average molecular weight is 367 g/mol. The molecule has 0 saturated carbocycles. The number of H-pyrrole nitrogens is 1. The number of halogens is 1. The van der Waals surface area contributed by atoms with E-state index >= 15 is 0 Å². The Kier molecular flexibility index (Phi) is 4.00. The Labute approximate surface area is 140 Å². The highest BCUT2D eigenvalue weighted by Gasteiger charge is 2.14. The highest BCUT2D eigenvalue weighted by Crippen LogP contribution is 2.32. The number of phenols is 1. The summed E-state index contributed by atoms with van der Waals surface area (Å²) in [7, 11) is 0. The van der Waals surface area contributed by atoms with Crippen LogP contribution >= 0.6 is 15.9 Å². The van der Waals surface area contributed by atoms with Crippen molar-refractivity contribution in [2.75, 3.05) is 0 Å². The van der Waals surface area contributed by atoms with Gasteiger partial charge < -0.3 is 10.1 Å². The van der Waals surface area contributed by atoms with Gasteiger partial charge in [0.15, 0.2) is 0 Å². The first-order valence-corrected chi connectivity index (χ1v) is 7.61. The summed E-state index contributed by atoms with van der Waals surface area (Å²) >= 11 is 3.35. The number of rotatable bonds is 2. The lowest BCUT2D eigenvalue weighted by molar-refractivity contribution is 0.477. The Hall–Kier alpha value is -2.84. The summed E-state index contributed by atoms with van der Waals surface area (Å²) in [5.41, 5.74) is 1.81. The van der Waals surface area contributed by atoms with E-state index in [-0.39, 0.29) is 11.3 Å². The molecule has 0 amide bonds. The van der Waals surface area contributed by atoms with Gasteiger partial charge in [-0.3, -0.25) is 4.79 Å². The van der Waals surface area contributed by atoms with E-state index in [0.29, 0.717) is 16.8 Å². The molecule has 0 aliphatic rings. The number of aromatic nitrogens is 1. The summed E-state index contributed by atoms with van der Waals surface area (Å²) in [5, 5.41) is 19.4. The van der Waals surface area contributed by atoms with E-state index in [1.807, 2.05) is 36.4 Å². The Balaban J connectivity index is 2.30. The molecule has 0 aliphatic carbocycles. The van der Waals surface area contributed by atoms with Crippen LogP contribution < -0.4 is 5.56 Å². The molecule has 1 aromatic heterocycles. The minimum Gasteiger partial charge on any atom is -0.507 e. The van der Waals surface area contributed by atoms with Crippen molar-refractivity contribution in [3.05, 3.63) is 75.0 Å². The van der Waals surface area contributed by atoms with Crippen LogP contribution in [0, 0.1) is 11.3 Å². The van der Waals surface area contributed by atoms with E-state index in [1.54, 1.807) is 18.2 Å². The summed E-state index contributed by atoms with van der Waals surface area (Å²) in [4.78, 5) is 14.9. The lowest BCUT2D eigenvalue weighted by Crippen LogP contribution is -2.12. The Morgan fingerprint density at radius 2 is 1.78 bits per heavy atom. The number of benzene rings is 2. The van der Waals surface area contributed by atoms with Crippen LogP contribution in [0.25, 0.3) is 22.4 Å². The third-order valence-electron chi connectivity index (χ3n) is 3.48. The first-order valence-electron chi connectivity index (χ1n) is 6.82. The lowest BCUT2D eigenvalue weighted by Gasteiger charge is -2.09. The van der Waals surface area contributed by atoms with Crippen molar-refractivity contribution >= 4 is 15.9 Å². The maximum absolute atomic E-state index is 12.3. The monoisotopic (exact) mass is 366 g/mol. The van der Waals surface area contributed by atoms with Crippen molar-refractivity contribution in [1.29, 1.82) is 5.26 Å². The number of nitrogens with zero attached hydrogens (tertiary/aromatic N) is 1. The van der Waals surface area contributed by atoms with Gasteiger partial charge >= 0.3 is 0 Å². The second-order valence-corrected chi connectivity index (χ2v) is 5.86. The van der Waals surface area contributed by atoms with Crippen LogP contribution in [0.1, 0.15) is 5.56 Å². The molecule has 0 radical (unpaired) electrons. The molecule has 112 valence electrons. The van der Waals surface area contributed by atoms with E-state index in [1.165, 1.54) is 6.07 Å². The second-order valence-electron chi connectivity index (χ2n) is 4.94. The van der Waals surface area contributed by atoms with Gasteiger partial charge in [-0.2, -0.15) is 5.26 Å². The number of phenolic OH excluding ortho intramolecular Hbond substituents is 1. The highest BCUT2D eigenvalue weighted by atomic mass is 79.9. The molecule has 0 spiro atoms. The third-order valence-corrected chi connectivity index (χ3v) is 3.97. The van der Waals surface area contributed by atoms with Gasteiger partial charge in [-0.25, -0.2) is 0 Å². The zero-order valence-corrected chi connectivity index (χ0v) is 13.5. The summed E-state index contributed by atoms with van der Waals surface area (Å²) in [6.45, 7) is 0. The van der Waals surface area contributed by atoms with Crippen LogP contribution in [0.15, 0.2) is 63.9 Å². The Morgan fingerprint density at radius 1 is 1.04 bits per heavy atom. The fraction of sp³-hybridized carbons (Fsp3) is 0. The van der Waals surface area contributed by atoms with Crippen molar-refractivity contribution in [3.8, 4) is 34.2 Å². The van der Waals surface area contributed by atoms with Crippen LogP contribution in [-0.2, 0) is 0 Å². The maximum atomic E-state index is 12.3. The second kappa shape index (κ2) is 6.11. The topological polar surface area (TPSA) is 76.9 Å². The fourth-order valence-electron chi connectivity index (χ4n) is 2.39. The van der Waals surface area contributed by atoms with Crippen molar-refractivity contribution in [3.63, 3.8) is 0 Å². The molecule has 3 rings (SSSR count). The molecule has 1 heterocycles. The van der Waals surface area contributed by atoms with Gasteiger partial charge in [0.25, 0.3) is 5.56 Å². The van der Waals surface area contributed by atoms with Crippen molar-refractivity contribution in [2.45, 2.75) is 0 Å². The van der Waals surface area contributed by atoms with Gasteiger partial charge in [0.05, 0.1) is 5.69 Å². The molecule has 2 aromatic carbocycles. The molecular weight excluding hydrogens is 356 g/mol. The number of aromatic hydroxyl groups is 1. The first-order chi connectivity index (χ1) is 11.1. The molecule has 0 bridgehead atoms. The number of nitrogens with one attached hydrogen (secondary N) is 1. The molecule has 5 heteroatoms. The largest absolute Gasteiger partial charge is 0.507 e. The number of hydrogen-bond donors (Lipinski definition) is 2. The predicted octanol–water partition coefficient (Wildman–Crippen LogP) is 4.05. The zero-order valence-electron chi connectivity index (χ0n) is 11.9. The average Bonchev–Trinajstić information content (AvgIpc) is 2.57. The fourth-order valence-corrected chi connectivity index (χ4v) is 2.75. The molecule has 0 unspecified atom stereocenters. The number of aromatic amines is 1. The smallest absolute Gasteiger partial charge is 0.266 e. The van der Waals surface area contributed by atoms with E-state index in [4.69, 9.17) is 0 Å². The van der Waals surface area contributed by atoms with Gasteiger partial charge in [0.2, 0.25) is 0 Å². The van der Waals surface area contributed by atoms with Gasteiger partial charge in [0.1, 0.15) is 17.4 Å². The van der Waals surface area contributed by atoms with E-state index < -0.39 is 5.56 Å². The molecule has 2 N–H and O–H groups in total. The van der Waals surface area contributed by atoms with Crippen molar-refractivity contribution < 1.29 is 5.11 Å². The lowest BCUT2D eigenvalue weighted by atomic mass is 9.99. The van der Waals surface area contributed by atoms with Crippen LogP contribution in [0.3, 0.4) is 0 Å². The van der Waals surface area contributed by atoms with Crippen LogP contribution in [-0.4, -0.2) is 10.1 Å². The minimum atomic E-state index is -0.483. The quantitative estimate of drug-likeness (QED) is 0.718. The molecule has 0 saturated heterocycles. The van der Waals surface area contributed by atoms with Gasteiger partial charge in [-0.15, -0.1) is 0 Å². The maximum Gasteiger partial charge on any atom is 0.266 e. The predicted molar refractivity (Wildman–Crippen MR) is 92.0 cm³/mol. The highest BCUT2D eigenvalue weighted by molar-refractivity contribution is 9.10. The van der Waals surface area contributed by atoms with Gasteiger partial charge in [-0.05, 0) is 29.8 Å². The van der Waals surface area contributed by atoms with E-state index in [2.05, 4.69) is 20.9 Å². The molecule has 0 fully saturated rings. The van der Waals surface area contributed by atoms with E-state index in [0.717, 1.165) is 10.0 Å². The summed E-state index contributed by atoms with van der Waals surface area (Å²) in [6.07, 6.45) is 0. The number of pyridine rings is 1. The Morgan fingerprint density at radius 3 is 2.48 bits per heavy atom. The summed E-state index contributed by atoms with van der Waals surface area (Å²) in [5.74, 6) is 0.0487. The first kappa shape index (κ1) is 15.1. The SMILES string of the molecule is N#Cc1c(-c2ccccc2)cc(-c2cc(Br)ccc2O)[nH]c1=O. The van der Waals surface area contributed by atoms with Crippen LogP contribution in [0.4, 0.5) is 0 Å². The standard InChI is InChI=1S/C18H11BrN2O2/c19-12-6-7-17(22)14(8-12)16-9-13(11-4-2-1-3-5-11)15(10-20)18(23)21-16/h1-9,22H,(H,21,23). The van der Waals surface area contributed by atoms with Crippen LogP contribution in [0.5, 0.6) is 5.75 Å². The summed E-state index contributed by atoms with van der Waals surface area (Å²) in [6, 6.07) is 17.8. The molecule has 0 atom stereocenters. The number of nitriles is 1. The normalized spacial score (nSPS) is 10.3. The zero-order chi connectivity index (χ0) is 16.4. The third kappa shape index (κ3) is 2.89. The van der Waals surface area contributed by atoms with Gasteiger partial charge in [-0.1, -0.05) is 46.3 Å². The van der Waals surface area contributed by atoms with Crippen LogP contribution in [0.2, 0.25) is 0 Å². The van der Waals surface area contributed by atoms with Crippen molar-refractivity contribution in [1.82, 2.24) is 4.98 Å².